The second-order valence-electron chi connectivity index (χ2n) is 3.68. The van der Waals surface area contributed by atoms with Crippen molar-refractivity contribution in [3.05, 3.63) is 40.9 Å². The van der Waals surface area contributed by atoms with Crippen molar-refractivity contribution in [2.24, 2.45) is 7.05 Å². The van der Waals surface area contributed by atoms with E-state index in [0.29, 0.717) is 15.8 Å². The van der Waals surface area contributed by atoms with Gasteiger partial charge in [0, 0.05) is 28.4 Å². The van der Waals surface area contributed by atoms with Gasteiger partial charge in [-0.2, -0.15) is 0 Å². The molecule has 0 spiro atoms. The highest BCUT2D eigenvalue weighted by molar-refractivity contribution is 7.99. The van der Waals surface area contributed by atoms with E-state index in [1.165, 1.54) is 11.8 Å². The Bertz CT molecular complexity index is 563. The van der Waals surface area contributed by atoms with E-state index >= 15 is 0 Å². The normalized spacial score (nSPS) is 10.6. The Morgan fingerprint density at radius 1 is 1.33 bits per heavy atom. The van der Waals surface area contributed by atoms with Gasteiger partial charge in [-0.05, 0) is 24.3 Å². The van der Waals surface area contributed by atoms with Crippen LogP contribution < -0.4 is 0 Å². The Hall–Kier alpha value is -0.970. The largest absolute Gasteiger partial charge is 0.305 e. The Kier molecular flexibility index (Phi) is 4.32. The molecule has 94 valence electrons. The standard InChI is InChI=1S/C12H11Cl2N3S/c1-8(13)7-18-12-16-15-11(17(12)2)9-3-5-10(14)6-4-9/h3-6H,1,7H2,2H3. The van der Waals surface area contributed by atoms with E-state index < -0.39 is 0 Å². The monoisotopic (exact) mass is 299 g/mol. The highest BCUT2D eigenvalue weighted by atomic mass is 35.5. The van der Waals surface area contributed by atoms with Crippen LogP contribution >= 0.6 is 35.0 Å². The van der Waals surface area contributed by atoms with Gasteiger partial charge in [-0.25, -0.2) is 0 Å². The van der Waals surface area contributed by atoms with Gasteiger partial charge >= 0.3 is 0 Å². The Balaban J connectivity index is 2.25. The first kappa shape index (κ1) is 13.5. The molecule has 0 radical (unpaired) electrons. The van der Waals surface area contributed by atoms with Crippen LogP contribution in [0.3, 0.4) is 0 Å². The number of hydrogen-bond acceptors (Lipinski definition) is 3. The minimum absolute atomic E-state index is 0.594. The fourth-order valence-electron chi connectivity index (χ4n) is 1.43. The van der Waals surface area contributed by atoms with Crippen molar-refractivity contribution < 1.29 is 0 Å². The summed E-state index contributed by atoms with van der Waals surface area (Å²) in [6.07, 6.45) is 0. The summed E-state index contributed by atoms with van der Waals surface area (Å²) in [4.78, 5) is 0. The number of benzene rings is 1. The molecule has 0 amide bonds. The predicted molar refractivity (Wildman–Crippen MR) is 77.2 cm³/mol. The zero-order chi connectivity index (χ0) is 13.1. The predicted octanol–water partition coefficient (Wildman–Crippen LogP) is 3.98. The summed E-state index contributed by atoms with van der Waals surface area (Å²) in [6, 6.07) is 7.50. The molecule has 6 heteroatoms. The molecule has 3 nitrogen and oxygen atoms in total. The van der Waals surface area contributed by atoms with E-state index in [9.17, 15) is 0 Å². The highest BCUT2D eigenvalue weighted by Crippen LogP contribution is 2.25. The number of aromatic nitrogens is 3. The first-order valence-electron chi connectivity index (χ1n) is 5.19. The third-order valence-electron chi connectivity index (χ3n) is 2.30. The van der Waals surface area contributed by atoms with Crippen LogP contribution in [0.1, 0.15) is 0 Å². The molecule has 1 aromatic carbocycles. The van der Waals surface area contributed by atoms with Gasteiger partial charge in [0.1, 0.15) is 0 Å². The first-order valence-corrected chi connectivity index (χ1v) is 6.93. The van der Waals surface area contributed by atoms with Crippen LogP contribution in [0.25, 0.3) is 11.4 Å². The lowest BCUT2D eigenvalue weighted by molar-refractivity contribution is 0.795. The summed E-state index contributed by atoms with van der Waals surface area (Å²) in [7, 11) is 1.92. The summed E-state index contributed by atoms with van der Waals surface area (Å²) >= 11 is 13.1. The molecule has 0 bridgehead atoms. The summed E-state index contributed by atoms with van der Waals surface area (Å²) in [6.45, 7) is 3.65. The summed E-state index contributed by atoms with van der Waals surface area (Å²) in [5.74, 6) is 1.42. The lowest BCUT2D eigenvalue weighted by atomic mass is 10.2. The number of nitrogens with zero attached hydrogens (tertiary/aromatic N) is 3. The molecule has 0 saturated heterocycles. The van der Waals surface area contributed by atoms with Crippen molar-refractivity contribution in [1.29, 1.82) is 0 Å². The molecule has 0 atom stereocenters. The van der Waals surface area contributed by atoms with Gasteiger partial charge in [0.05, 0.1) is 0 Å². The van der Waals surface area contributed by atoms with E-state index in [-0.39, 0.29) is 0 Å². The smallest absolute Gasteiger partial charge is 0.191 e. The van der Waals surface area contributed by atoms with Crippen molar-refractivity contribution in [1.82, 2.24) is 14.8 Å². The molecule has 0 N–H and O–H groups in total. The molecular weight excluding hydrogens is 289 g/mol. The molecule has 1 aromatic heterocycles. The minimum Gasteiger partial charge on any atom is -0.305 e. The maximum atomic E-state index is 5.86. The molecule has 0 aliphatic rings. The maximum Gasteiger partial charge on any atom is 0.191 e. The lowest BCUT2D eigenvalue weighted by Crippen LogP contribution is -1.95. The van der Waals surface area contributed by atoms with E-state index in [2.05, 4.69) is 16.8 Å². The summed E-state index contributed by atoms with van der Waals surface area (Å²) < 4.78 is 1.92. The maximum absolute atomic E-state index is 5.86. The second kappa shape index (κ2) is 5.78. The van der Waals surface area contributed by atoms with Gasteiger partial charge in [-0.1, -0.05) is 41.5 Å². The van der Waals surface area contributed by atoms with Crippen LogP contribution in [0.5, 0.6) is 0 Å². The van der Waals surface area contributed by atoms with Crippen LogP contribution in [0.2, 0.25) is 5.02 Å². The average molecular weight is 300 g/mol. The van der Waals surface area contributed by atoms with Gasteiger partial charge in [0.2, 0.25) is 0 Å². The molecule has 0 unspecified atom stereocenters. The van der Waals surface area contributed by atoms with Gasteiger partial charge in [-0.15, -0.1) is 10.2 Å². The Labute approximate surface area is 120 Å². The van der Waals surface area contributed by atoms with Crippen LogP contribution in [0, 0.1) is 0 Å². The number of hydrogen-bond donors (Lipinski definition) is 0. The van der Waals surface area contributed by atoms with Crippen molar-refractivity contribution in [3.63, 3.8) is 0 Å². The first-order chi connectivity index (χ1) is 8.58. The topological polar surface area (TPSA) is 30.7 Å². The minimum atomic E-state index is 0.594. The Morgan fingerprint density at radius 3 is 2.61 bits per heavy atom. The quantitative estimate of drug-likeness (QED) is 0.800. The van der Waals surface area contributed by atoms with Crippen LogP contribution in [-0.2, 0) is 7.05 Å². The van der Waals surface area contributed by atoms with E-state index in [1.807, 2.05) is 35.9 Å². The van der Waals surface area contributed by atoms with Gasteiger partial charge in [0.15, 0.2) is 11.0 Å². The average Bonchev–Trinajstić information content (AvgIpc) is 2.69. The van der Waals surface area contributed by atoms with Gasteiger partial charge in [0.25, 0.3) is 0 Å². The SMILES string of the molecule is C=C(Cl)CSc1nnc(-c2ccc(Cl)cc2)n1C. The fourth-order valence-corrected chi connectivity index (χ4v) is 2.39. The molecule has 0 saturated carbocycles. The van der Waals surface area contributed by atoms with Gasteiger partial charge < -0.3 is 4.57 Å². The third-order valence-corrected chi connectivity index (χ3v) is 3.95. The second-order valence-corrected chi connectivity index (χ2v) is 5.59. The van der Waals surface area contributed by atoms with Crippen LogP contribution in [0.15, 0.2) is 41.0 Å². The van der Waals surface area contributed by atoms with Crippen LogP contribution in [0.4, 0.5) is 0 Å². The molecule has 18 heavy (non-hydrogen) atoms. The zero-order valence-corrected chi connectivity index (χ0v) is 12.1. The molecule has 1 heterocycles. The summed E-state index contributed by atoms with van der Waals surface area (Å²) in [5, 5.41) is 10.4. The zero-order valence-electron chi connectivity index (χ0n) is 9.73. The summed E-state index contributed by atoms with van der Waals surface area (Å²) in [5.41, 5.74) is 0.978. The molecule has 0 aliphatic carbocycles. The van der Waals surface area contributed by atoms with Crippen LogP contribution in [-0.4, -0.2) is 20.5 Å². The van der Waals surface area contributed by atoms with Crippen molar-refractivity contribution >= 4 is 35.0 Å². The van der Waals surface area contributed by atoms with Gasteiger partial charge in [-0.3, -0.25) is 0 Å². The Morgan fingerprint density at radius 2 is 2.00 bits per heavy atom. The van der Waals surface area contributed by atoms with E-state index in [0.717, 1.165) is 16.5 Å². The molecule has 0 aliphatic heterocycles. The molecule has 2 aromatic rings. The number of halogens is 2. The van der Waals surface area contributed by atoms with Crippen molar-refractivity contribution in [2.45, 2.75) is 5.16 Å². The molecule has 2 rings (SSSR count). The lowest BCUT2D eigenvalue weighted by Gasteiger charge is -2.03. The highest BCUT2D eigenvalue weighted by Gasteiger charge is 2.11. The van der Waals surface area contributed by atoms with E-state index in [1.54, 1.807) is 0 Å². The third kappa shape index (κ3) is 3.07. The molecular formula is C12H11Cl2N3S. The number of thioether (sulfide) groups is 1. The van der Waals surface area contributed by atoms with E-state index in [4.69, 9.17) is 23.2 Å². The molecule has 0 fully saturated rings. The van der Waals surface area contributed by atoms with Crippen molar-refractivity contribution in [3.8, 4) is 11.4 Å². The fraction of sp³-hybridized carbons (Fsp3) is 0.167. The number of rotatable bonds is 4. The van der Waals surface area contributed by atoms with Crippen molar-refractivity contribution in [2.75, 3.05) is 5.75 Å².